The molecule has 0 fully saturated rings. The summed E-state index contributed by atoms with van der Waals surface area (Å²) in [5.74, 6) is 3.28. The molecule has 1 aromatic heterocycles. The predicted molar refractivity (Wildman–Crippen MR) is 84.7 cm³/mol. The third-order valence-electron chi connectivity index (χ3n) is 3.69. The number of hydrogen-bond acceptors (Lipinski definition) is 3. The van der Waals surface area contributed by atoms with Crippen LogP contribution in [-0.2, 0) is 12.2 Å². The third kappa shape index (κ3) is 3.31. The molecule has 2 unspecified atom stereocenters. The summed E-state index contributed by atoms with van der Waals surface area (Å²) in [6.07, 6.45) is 3.88. The molecule has 2 atom stereocenters. The van der Waals surface area contributed by atoms with Crippen molar-refractivity contribution in [3.63, 3.8) is 0 Å². The van der Waals surface area contributed by atoms with Gasteiger partial charge in [-0.1, -0.05) is 27.2 Å². The second-order valence-electron chi connectivity index (χ2n) is 5.20. The van der Waals surface area contributed by atoms with E-state index < -0.39 is 0 Å². The summed E-state index contributed by atoms with van der Waals surface area (Å²) in [6, 6.07) is 3.04. The van der Waals surface area contributed by atoms with Gasteiger partial charge >= 0.3 is 0 Å². The summed E-state index contributed by atoms with van der Waals surface area (Å²) in [4.78, 5) is 3.22. The van der Waals surface area contributed by atoms with Crippen LogP contribution in [0.25, 0.3) is 0 Å². The van der Waals surface area contributed by atoms with Crippen LogP contribution in [0.3, 0.4) is 0 Å². The lowest BCUT2D eigenvalue weighted by Gasteiger charge is -2.23. The van der Waals surface area contributed by atoms with Crippen LogP contribution in [-0.4, -0.2) is 12.3 Å². The molecule has 18 heavy (non-hydrogen) atoms. The Morgan fingerprint density at radius 2 is 2.22 bits per heavy atom. The number of rotatable bonds is 6. The normalized spacial score (nSPS) is 18.4. The van der Waals surface area contributed by atoms with Crippen molar-refractivity contribution >= 4 is 23.1 Å². The first-order chi connectivity index (χ1) is 8.76. The Morgan fingerprint density at radius 1 is 1.39 bits per heavy atom. The molecule has 102 valence electrons. The summed E-state index contributed by atoms with van der Waals surface area (Å²) in [6.45, 7) is 7.96. The van der Waals surface area contributed by atoms with Crippen molar-refractivity contribution in [3.8, 4) is 0 Å². The Bertz CT molecular complexity index is 349. The van der Waals surface area contributed by atoms with Crippen LogP contribution in [0.1, 0.15) is 55.0 Å². The summed E-state index contributed by atoms with van der Waals surface area (Å²) in [7, 11) is 0. The van der Waals surface area contributed by atoms with Gasteiger partial charge in [-0.15, -0.1) is 11.3 Å². The smallest absolute Gasteiger partial charge is 0.0440 e. The molecule has 3 heteroatoms. The number of thioether (sulfide) groups is 1. The lowest BCUT2D eigenvalue weighted by atomic mass is 9.95. The van der Waals surface area contributed by atoms with Crippen molar-refractivity contribution in [2.45, 2.75) is 51.8 Å². The molecule has 1 aliphatic rings. The second-order valence-corrected chi connectivity index (χ2v) is 7.47. The lowest BCUT2D eigenvalue weighted by molar-refractivity contribution is 0.374. The van der Waals surface area contributed by atoms with E-state index in [1.54, 1.807) is 15.3 Å². The van der Waals surface area contributed by atoms with Gasteiger partial charge in [-0.2, -0.15) is 11.8 Å². The highest BCUT2D eigenvalue weighted by molar-refractivity contribution is 7.98. The number of fused-ring (bicyclic) bond motifs is 1. The van der Waals surface area contributed by atoms with E-state index in [4.69, 9.17) is 0 Å². The van der Waals surface area contributed by atoms with Crippen LogP contribution in [0.4, 0.5) is 0 Å². The maximum absolute atomic E-state index is 3.70. The van der Waals surface area contributed by atoms with Crippen LogP contribution < -0.4 is 5.32 Å². The van der Waals surface area contributed by atoms with E-state index in [0.29, 0.717) is 6.04 Å². The first-order valence-corrected chi connectivity index (χ1v) is 9.16. The Balaban J connectivity index is 2.16. The van der Waals surface area contributed by atoms with Gasteiger partial charge in [0.1, 0.15) is 0 Å². The van der Waals surface area contributed by atoms with E-state index in [1.807, 2.05) is 0 Å². The molecule has 2 rings (SSSR count). The standard InChI is InChI=1S/C15H25NS2/c1-4-6-11(3)15(16-5-2)14-9-12-10-17-8-7-13(12)18-14/h9,11,15-16H,4-8,10H2,1-3H3. The molecular formula is C15H25NS2. The van der Waals surface area contributed by atoms with Gasteiger partial charge in [-0.05, 0) is 42.7 Å². The van der Waals surface area contributed by atoms with Gasteiger partial charge in [0.25, 0.3) is 0 Å². The minimum atomic E-state index is 0.565. The molecule has 1 nitrogen and oxygen atoms in total. The fourth-order valence-electron chi connectivity index (χ4n) is 2.75. The molecule has 0 amide bonds. The van der Waals surface area contributed by atoms with Gasteiger partial charge in [-0.3, -0.25) is 0 Å². The third-order valence-corrected chi connectivity index (χ3v) is 6.02. The minimum absolute atomic E-state index is 0.565. The summed E-state index contributed by atoms with van der Waals surface area (Å²) in [5, 5.41) is 3.70. The lowest BCUT2D eigenvalue weighted by Crippen LogP contribution is -2.26. The monoisotopic (exact) mass is 283 g/mol. The largest absolute Gasteiger partial charge is 0.309 e. The molecule has 0 saturated heterocycles. The first-order valence-electron chi connectivity index (χ1n) is 7.18. The molecule has 0 spiro atoms. The van der Waals surface area contributed by atoms with Gasteiger partial charge < -0.3 is 5.32 Å². The zero-order valence-electron chi connectivity index (χ0n) is 11.8. The fourth-order valence-corrected chi connectivity index (χ4v) is 5.33. The number of aryl methyl sites for hydroxylation is 1. The van der Waals surface area contributed by atoms with Crippen molar-refractivity contribution in [2.75, 3.05) is 12.3 Å². The van der Waals surface area contributed by atoms with E-state index in [0.717, 1.165) is 12.5 Å². The quantitative estimate of drug-likeness (QED) is 0.817. The summed E-state index contributed by atoms with van der Waals surface area (Å²) < 4.78 is 0. The van der Waals surface area contributed by atoms with Gasteiger partial charge in [0, 0.05) is 21.5 Å². The van der Waals surface area contributed by atoms with E-state index in [-0.39, 0.29) is 0 Å². The Kier molecular flexibility index (Phi) is 5.58. The predicted octanol–water partition coefficient (Wildman–Crippen LogP) is 4.62. The fraction of sp³-hybridized carbons (Fsp3) is 0.733. The maximum atomic E-state index is 3.70. The average molecular weight is 284 g/mol. The molecule has 1 N–H and O–H groups in total. The zero-order valence-corrected chi connectivity index (χ0v) is 13.4. The average Bonchev–Trinajstić information content (AvgIpc) is 2.79. The van der Waals surface area contributed by atoms with Crippen LogP contribution in [0.5, 0.6) is 0 Å². The van der Waals surface area contributed by atoms with E-state index in [1.165, 1.54) is 30.8 Å². The van der Waals surface area contributed by atoms with E-state index >= 15 is 0 Å². The van der Waals surface area contributed by atoms with Crippen LogP contribution >= 0.6 is 23.1 Å². The molecule has 0 aromatic carbocycles. The van der Waals surface area contributed by atoms with Gasteiger partial charge in [0.05, 0.1) is 0 Å². The second kappa shape index (κ2) is 6.97. The molecule has 0 bridgehead atoms. The minimum Gasteiger partial charge on any atom is -0.309 e. The SMILES string of the molecule is CCCC(C)C(NCC)c1cc2c(s1)CCSC2. The van der Waals surface area contributed by atoms with Crippen molar-refractivity contribution in [1.82, 2.24) is 5.32 Å². The number of hydrogen-bond donors (Lipinski definition) is 1. The molecule has 0 aliphatic carbocycles. The summed E-state index contributed by atoms with van der Waals surface area (Å²) >= 11 is 4.14. The van der Waals surface area contributed by atoms with Crippen molar-refractivity contribution < 1.29 is 0 Å². The van der Waals surface area contributed by atoms with Gasteiger partial charge in [0.15, 0.2) is 0 Å². The number of nitrogens with one attached hydrogen (secondary N) is 1. The van der Waals surface area contributed by atoms with Gasteiger partial charge in [0.2, 0.25) is 0 Å². The Labute approximate surface area is 120 Å². The maximum Gasteiger partial charge on any atom is 0.0440 e. The van der Waals surface area contributed by atoms with Crippen molar-refractivity contribution in [2.24, 2.45) is 5.92 Å². The Hall–Kier alpha value is 0.01000. The molecular weight excluding hydrogens is 258 g/mol. The van der Waals surface area contributed by atoms with Crippen molar-refractivity contribution in [1.29, 1.82) is 0 Å². The molecule has 0 radical (unpaired) electrons. The zero-order chi connectivity index (χ0) is 13.0. The molecule has 1 aromatic rings. The summed E-state index contributed by atoms with van der Waals surface area (Å²) in [5.41, 5.74) is 1.61. The van der Waals surface area contributed by atoms with Crippen molar-refractivity contribution in [3.05, 3.63) is 21.4 Å². The highest BCUT2D eigenvalue weighted by atomic mass is 32.2. The van der Waals surface area contributed by atoms with Gasteiger partial charge in [-0.25, -0.2) is 0 Å². The van der Waals surface area contributed by atoms with E-state index in [2.05, 4.69) is 55.3 Å². The van der Waals surface area contributed by atoms with E-state index in [9.17, 15) is 0 Å². The number of thiophene rings is 1. The highest BCUT2D eigenvalue weighted by Crippen LogP contribution is 2.37. The van der Waals surface area contributed by atoms with Crippen LogP contribution in [0.2, 0.25) is 0 Å². The molecule has 2 heterocycles. The topological polar surface area (TPSA) is 12.0 Å². The van der Waals surface area contributed by atoms with Crippen LogP contribution in [0.15, 0.2) is 6.07 Å². The Morgan fingerprint density at radius 3 is 2.89 bits per heavy atom. The molecule has 0 saturated carbocycles. The first kappa shape index (κ1) is 14.4. The van der Waals surface area contributed by atoms with Crippen LogP contribution in [0, 0.1) is 5.92 Å². The molecule has 1 aliphatic heterocycles. The highest BCUT2D eigenvalue weighted by Gasteiger charge is 2.22.